The van der Waals surface area contributed by atoms with E-state index in [1.165, 1.54) is 11.5 Å². The van der Waals surface area contributed by atoms with Crippen LogP contribution >= 0.6 is 11.6 Å². The van der Waals surface area contributed by atoms with Crippen molar-refractivity contribution in [2.45, 2.75) is 19.1 Å². The molecule has 1 saturated heterocycles. The minimum absolute atomic E-state index is 0.0915. The van der Waals surface area contributed by atoms with Crippen LogP contribution in [0.4, 0.5) is 4.79 Å². The molecule has 2 aromatic heterocycles. The number of cyclic esters (lactones) is 1. The fourth-order valence-corrected chi connectivity index (χ4v) is 4.76. The van der Waals surface area contributed by atoms with Gasteiger partial charge in [0.2, 0.25) is 5.60 Å². The quantitative estimate of drug-likeness (QED) is 0.372. The Kier molecular flexibility index (Phi) is 5.09. The third-order valence-electron chi connectivity index (χ3n) is 6.58. The maximum Gasteiger partial charge on any atom is 0.415 e. The summed E-state index contributed by atoms with van der Waals surface area (Å²) in [4.78, 5) is 37.9. The van der Waals surface area contributed by atoms with Gasteiger partial charge in [0.1, 0.15) is 5.75 Å². The van der Waals surface area contributed by atoms with Crippen LogP contribution < -0.4 is 15.7 Å². The molecule has 6 rings (SSSR count). The number of imidazole rings is 1. The van der Waals surface area contributed by atoms with E-state index in [4.69, 9.17) is 25.6 Å². The molecule has 3 aromatic carbocycles. The normalized spacial score (nSPS) is 17.4. The number of nitrogens with zero attached hydrogens (tertiary/aromatic N) is 3. The predicted octanol–water partition coefficient (Wildman–Crippen LogP) is 4.13. The van der Waals surface area contributed by atoms with E-state index in [1.54, 1.807) is 48.1 Å². The summed E-state index contributed by atoms with van der Waals surface area (Å²) in [5.41, 5.74) is 0.892. The standard InChI is InChI=1S/C26H19ClN4O6/c1-26(23(32)28-24(33)36-26)15-7-10-18(27)14(11-15)13-30-19-5-3-4-6-20(19)31(25(30)34)22-17-9-8-16(35-2)12-21(17)37-29-22/h3-12H,13H2,1-2H3,(H,28,32,33)/t26-/m0/s1. The monoisotopic (exact) mass is 518 g/mol. The van der Waals surface area contributed by atoms with Crippen LogP contribution in [0.3, 0.4) is 0 Å². The number of amides is 2. The van der Waals surface area contributed by atoms with Crippen molar-refractivity contribution < 1.29 is 23.6 Å². The lowest BCUT2D eigenvalue weighted by atomic mass is 9.94. The van der Waals surface area contributed by atoms with Crippen molar-refractivity contribution in [2.24, 2.45) is 0 Å². The van der Waals surface area contributed by atoms with Crippen LogP contribution in [0, 0.1) is 0 Å². The van der Waals surface area contributed by atoms with E-state index >= 15 is 0 Å². The van der Waals surface area contributed by atoms with Gasteiger partial charge in [0.05, 0.1) is 30.1 Å². The molecule has 2 amide bonds. The molecule has 0 unspecified atom stereocenters. The van der Waals surface area contributed by atoms with Crippen molar-refractivity contribution in [1.29, 1.82) is 0 Å². The molecule has 186 valence electrons. The maximum absolute atomic E-state index is 13.8. The molecule has 0 radical (unpaired) electrons. The van der Waals surface area contributed by atoms with Crippen LogP contribution in [0.25, 0.3) is 27.8 Å². The zero-order valence-electron chi connectivity index (χ0n) is 19.6. The first-order valence-electron chi connectivity index (χ1n) is 11.3. The number of nitrogens with one attached hydrogen (secondary N) is 1. The number of halogens is 1. The van der Waals surface area contributed by atoms with Gasteiger partial charge in [0.25, 0.3) is 5.91 Å². The van der Waals surface area contributed by atoms with Crippen LogP contribution in [0.1, 0.15) is 18.1 Å². The molecule has 1 aliphatic rings. The van der Waals surface area contributed by atoms with Crippen molar-refractivity contribution in [1.82, 2.24) is 19.6 Å². The topological polar surface area (TPSA) is 118 Å². The second-order valence-corrected chi connectivity index (χ2v) is 9.15. The lowest BCUT2D eigenvalue weighted by molar-refractivity contribution is -0.130. The Hall–Kier alpha value is -4.57. The zero-order chi connectivity index (χ0) is 25.9. The van der Waals surface area contributed by atoms with Crippen LogP contribution in [0.15, 0.2) is 70.0 Å². The van der Waals surface area contributed by atoms with Gasteiger partial charge >= 0.3 is 11.8 Å². The van der Waals surface area contributed by atoms with E-state index in [0.717, 1.165) is 0 Å². The molecule has 1 atom stereocenters. The largest absolute Gasteiger partial charge is 0.497 e. The third-order valence-corrected chi connectivity index (χ3v) is 6.95. The molecule has 0 aliphatic carbocycles. The second kappa shape index (κ2) is 8.24. The molecule has 37 heavy (non-hydrogen) atoms. The van der Waals surface area contributed by atoms with Gasteiger partial charge < -0.3 is 14.0 Å². The van der Waals surface area contributed by atoms with Crippen molar-refractivity contribution in [3.05, 3.63) is 87.3 Å². The Labute approximate surface area is 213 Å². The van der Waals surface area contributed by atoms with E-state index in [1.807, 2.05) is 24.3 Å². The third kappa shape index (κ3) is 3.48. The van der Waals surface area contributed by atoms with Crippen LogP contribution in [-0.2, 0) is 21.7 Å². The summed E-state index contributed by atoms with van der Waals surface area (Å²) in [6.07, 6.45) is -0.819. The molecular weight excluding hydrogens is 500 g/mol. The lowest BCUT2D eigenvalue weighted by Gasteiger charge is -2.21. The van der Waals surface area contributed by atoms with Gasteiger partial charge in [-0.1, -0.05) is 35.0 Å². The predicted molar refractivity (Wildman–Crippen MR) is 134 cm³/mol. The van der Waals surface area contributed by atoms with Crippen LogP contribution in [0.5, 0.6) is 5.75 Å². The minimum atomic E-state index is -1.50. The average Bonchev–Trinajstić information content (AvgIpc) is 3.51. The molecule has 1 aliphatic heterocycles. The minimum Gasteiger partial charge on any atom is -0.497 e. The number of carbonyl (C=O) groups excluding carboxylic acids is 2. The molecule has 5 aromatic rings. The first-order valence-corrected chi connectivity index (χ1v) is 11.7. The van der Waals surface area contributed by atoms with Gasteiger partial charge in [-0.2, -0.15) is 0 Å². The number of ether oxygens (including phenoxy) is 2. The number of fused-ring (bicyclic) bond motifs is 2. The Morgan fingerprint density at radius 1 is 1.05 bits per heavy atom. The lowest BCUT2D eigenvalue weighted by Crippen LogP contribution is -2.33. The van der Waals surface area contributed by atoms with E-state index in [2.05, 4.69) is 10.5 Å². The molecule has 10 nitrogen and oxygen atoms in total. The summed E-state index contributed by atoms with van der Waals surface area (Å²) in [5, 5.41) is 7.36. The first kappa shape index (κ1) is 22.9. The molecule has 0 bridgehead atoms. The number of imide groups is 1. The van der Waals surface area contributed by atoms with Crippen LogP contribution in [-0.4, -0.2) is 33.4 Å². The highest BCUT2D eigenvalue weighted by Crippen LogP contribution is 2.33. The Balaban J connectivity index is 1.49. The Morgan fingerprint density at radius 3 is 2.57 bits per heavy atom. The Bertz CT molecular complexity index is 1800. The molecule has 0 spiro atoms. The number of benzene rings is 3. The van der Waals surface area contributed by atoms with E-state index < -0.39 is 17.6 Å². The highest BCUT2D eigenvalue weighted by atomic mass is 35.5. The fourth-order valence-electron chi connectivity index (χ4n) is 4.58. The highest BCUT2D eigenvalue weighted by Gasteiger charge is 2.46. The van der Waals surface area contributed by atoms with E-state index in [9.17, 15) is 14.4 Å². The number of hydrogen-bond acceptors (Lipinski definition) is 7. The number of methoxy groups -OCH3 is 1. The number of carbonyl (C=O) groups is 2. The summed E-state index contributed by atoms with van der Waals surface area (Å²) in [5.74, 6) is 0.378. The molecular formula is C26H19ClN4O6. The van der Waals surface area contributed by atoms with Crippen LogP contribution in [0.2, 0.25) is 5.02 Å². The number of para-hydroxylation sites is 2. The summed E-state index contributed by atoms with van der Waals surface area (Å²) >= 11 is 6.51. The molecule has 11 heteroatoms. The summed E-state index contributed by atoms with van der Waals surface area (Å²) in [6.45, 7) is 1.59. The molecule has 3 heterocycles. The van der Waals surface area contributed by atoms with Gasteiger partial charge in [-0.25, -0.2) is 14.2 Å². The summed E-state index contributed by atoms with van der Waals surface area (Å²) in [7, 11) is 1.56. The van der Waals surface area contributed by atoms with Crippen molar-refractivity contribution in [3.63, 3.8) is 0 Å². The Morgan fingerprint density at radius 2 is 1.84 bits per heavy atom. The van der Waals surface area contributed by atoms with Crippen molar-refractivity contribution in [2.75, 3.05) is 7.11 Å². The zero-order valence-corrected chi connectivity index (χ0v) is 20.4. The van der Waals surface area contributed by atoms with Crippen molar-refractivity contribution in [3.8, 4) is 11.6 Å². The molecule has 1 fully saturated rings. The maximum atomic E-state index is 13.8. The van der Waals surface area contributed by atoms with Gasteiger partial charge in [-0.15, -0.1) is 0 Å². The van der Waals surface area contributed by atoms with E-state index in [-0.39, 0.29) is 12.2 Å². The van der Waals surface area contributed by atoms with Gasteiger partial charge in [-0.3, -0.25) is 14.7 Å². The fraction of sp³-hybridized carbons (Fsp3) is 0.154. The number of rotatable bonds is 5. The number of alkyl carbamates (subject to hydrolysis) is 1. The molecule has 1 N–H and O–H groups in total. The summed E-state index contributed by atoms with van der Waals surface area (Å²) in [6, 6.07) is 17.4. The smallest absolute Gasteiger partial charge is 0.415 e. The van der Waals surface area contributed by atoms with Gasteiger partial charge in [0.15, 0.2) is 11.4 Å². The highest BCUT2D eigenvalue weighted by molar-refractivity contribution is 6.31. The van der Waals surface area contributed by atoms with E-state index in [0.29, 0.717) is 49.7 Å². The van der Waals surface area contributed by atoms with Crippen molar-refractivity contribution >= 4 is 45.6 Å². The SMILES string of the molecule is COc1ccc2c(-n3c(=O)n(Cc4cc([C@]5(C)OC(=O)NC5=O)ccc4Cl)c4ccccc43)noc2c1. The summed E-state index contributed by atoms with van der Waals surface area (Å²) < 4.78 is 19.1. The number of hydrogen-bond donors (Lipinski definition) is 1. The average molecular weight is 519 g/mol. The number of aromatic nitrogens is 3. The molecule has 0 saturated carbocycles. The second-order valence-electron chi connectivity index (χ2n) is 8.74. The first-order chi connectivity index (χ1) is 17.8. The van der Waals surface area contributed by atoms with Gasteiger partial charge in [-0.05, 0) is 48.9 Å². The van der Waals surface area contributed by atoms with Gasteiger partial charge in [0, 0.05) is 16.7 Å².